The van der Waals surface area contributed by atoms with E-state index in [0.717, 1.165) is 17.1 Å². The van der Waals surface area contributed by atoms with Crippen LogP contribution in [-0.4, -0.2) is 29.8 Å². The topological polar surface area (TPSA) is 94.6 Å². The van der Waals surface area contributed by atoms with Crippen LogP contribution in [0.15, 0.2) is 48.5 Å². The summed E-state index contributed by atoms with van der Waals surface area (Å²) in [5.41, 5.74) is 1.99. The molecule has 1 aliphatic heterocycles. The zero-order valence-electron chi connectivity index (χ0n) is 15.4. The molecule has 0 unspecified atom stereocenters. The van der Waals surface area contributed by atoms with Gasteiger partial charge in [0.15, 0.2) is 11.5 Å². The number of carbonyl (C=O) groups excluding carboxylic acids is 1. The molecule has 0 saturated carbocycles. The lowest BCUT2D eigenvalue weighted by Gasteiger charge is -2.11. The molecule has 0 spiro atoms. The van der Waals surface area contributed by atoms with E-state index in [9.17, 15) is 4.79 Å². The fourth-order valence-electron chi connectivity index (χ4n) is 2.81. The Morgan fingerprint density at radius 2 is 1.68 bits per heavy atom. The van der Waals surface area contributed by atoms with Crippen LogP contribution in [0, 0.1) is 6.92 Å². The molecule has 8 heteroatoms. The number of hydrogen-bond acceptors (Lipinski definition) is 8. The number of fused-ring (bicyclic) bond motifs is 1. The first kappa shape index (κ1) is 17.6. The van der Waals surface area contributed by atoms with Crippen LogP contribution in [0.2, 0.25) is 0 Å². The highest BCUT2D eigenvalue weighted by Crippen LogP contribution is 2.35. The van der Waals surface area contributed by atoms with E-state index in [4.69, 9.17) is 14.2 Å². The van der Waals surface area contributed by atoms with Crippen molar-refractivity contribution in [3.63, 3.8) is 0 Å². The monoisotopic (exact) mass is 378 g/mol. The molecule has 4 rings (SSSR count). The summed E-state index contributed by atoms with van der Waals surface area (Å²) in [4.78, 5) is 20.5. The highest BCUT2D eigenvalue weighted by Gasteiger charge is 2.14. The number of rotatable bonds is 5. The van der Waals surface area contributed by atoms with Gasteiger partial charge in [-0.3, -0.25) is 0 Å². The predicted molar refractivity (Wildman–Crippen MR) is 104 cm³/mol. The van der Waals surface area contributed by atoms with Crippen LogP contribution in [0.1, 0.15) is 16.2 Å². The quantitative estimate of drug-likeness (QED) is 0.648. The average Bonchev–Trinajstić information content (AvgIpc) is 3.15. The molecule has 28 heavy (non-hydrogen) atoms. The van der Waals surface area contributed by atoms with E-state index in [1.807, 2.05) is 24.3 Å². The number of nitrogens with zero attached hydrogens (tertiary/aromatic N) is 2. The smallest absolute Gasteiger partial charge is 0.337 e. The zero-order chi connectivity index (χ0) is 19.5. The van der Waals surface area contributed by atoms with Crippen molar-refractivity contribution in [1.29, 1.82) is 0 Å². The molecule has 2 heterocycles. The number of hydrogen-bond donors (Lipinski definition) is 2. The molecule has 2 aromatic carbocycles. The fraction of sp³-hybridized carbons (Fsp3) is 0.150. The maximum Gasteiger partial charge on any atom is 0.337 e. The number of nitrogens with one attached hydrogen (secondary N) is 2. The van der Waals surface area contributed by atoms with E-state index >= 15 is 0 Å². The van der Waals surface area contributed by atoms with Gasteiger partial charge in [0.25, 0.3) is 0 Å². The summed E-state index contributed by atoms with van der Waals surface area (Å²) >= 11 is 0. The maximum absolute atomic E-state index is 11.7. The second kappa shape index (κ2) is 7.43. The van der Waals surface area contributed by atoms with Crippen LogP contribution < -0.4 is 20.1 Å². The Morgan fingerprint density at radius 1 is 0.964 bits per heavy atom. The van der Waals surface area contributed by atoms with E-state index in [1.165, 1.54) is 7.11 Å². The normalized spacial score (nSPS) is 11.8. The minimum Gasteiger partial charge on any atom is -0.465 e. The highest BCUT2D eigenvalue weighted by atomic mass is 16.7. The largest absolute Gasteiger partial charge is 0.465 e. The van der Waals surface area contributed by atoms with Crippen molar-refractivity contribution in [2.75, 3.05) is 24.5 Å². The van der Waals surface area contributed by atoms with Crippen molar-refractivity contribution in [2.45, 2.75) is 6.92 Å². The molecule has 8 nitrogen and oxygen atoms in total. The van der Waals surface area contributed by atoms with Gasteiger partial charge in [-0.1, -0.05) is 6.07 Å². The summed E-state index contributed by atoms with van der Waals surface area (Å²) in [5, 5.41) is 6.43. The minimum absolute atomic E-state index is 0.226. The molecule has 2 N–H and O–H groups in total. The second-order valence-electron chi connectivity index (χ2n) is 6.08. The van der Waals surface area contributed by atoms with Crippen LogP contribution >= 0.6 is 0 Å². The molecule has 0 fully saturated rings. The van der Waals surface area contributed by atoms with Gasteiger partial charge in [-0.15, -0.1) is 0 Å². The first-order chi connectivity index (χ1) is 13.6. The first-order valence-corrected chi connectivity index (χ1v) is 8.58. The molecular formula is C20H18N4O4. The van der Waals surface area contributed by atoms with E-state index in [-0.39, 0.29) is 6.79 Å². The predicted octanol–water partition coefficient (Wildman–Crippen LogP) is 3.79. The molecule has 0 atom stereocenters. The number of anilines is 4. The number of carbonyl (C=O) groups is 1. The molecule has 1 aromatic heterocycles. The van der Waals surface area contributed by atoms with Gasteiger partial charge in [-0.25, -0.2) is 14.8 Å². The molecule has 0 radical (unpaired) electrons. The Bertz CT molecular complexity index is 1040. The fourth-order valence-corrected chi connectivity index (χ4v) is 2.81. The third-order valence-corrected chi connectivity index (χ3v) is 4.04. The SMILES string of the molecule is COC(=O)c1cccc(Nc2cc(Nc3ccc4c(c3)OCO4)nc(C)n2)c1. The molecule has 1 aliphatic rings. The minimum atomic E-state index is -0.396. The lowest BCUT2D eigenvalue weighted by Crippen LogP contribution is -2.04. The molecule has 0 bridgehead atoms. The third-order valence-electron chi connectivity index (χ3n) is 4.04. The third kappa shape index (κ3) is 3.80. The van der Waals surface area contributed by atoms with Crippen molar-refractivity contribution in [1.82, 2.24) is 9.97 Å². The molecule has 142 valence electrons. The Labute approximate surface area is 161 Å². The Kier molecular flexibility index (Phi) is 4.67. The van der Waals surface area contributed by atoms with Crippen molar-refractivity contribution in [3.05, 3.63) is 59.9 Å². The second-order valence-corrected chi connectivity index (χ2v) is 6.08. The summed E-state index contributed by atoms with van der Waals surface area (Å²) in [6.07, 6.45) is 0. The average molecular weight is 378 g/mol. The van der Waals surface area contributed by atoms with Crippen LogP contribution in [0.3, 0.4) is 0 Å². The van der Waals surface area contributed by atoms with Gasteiger partial charge in [0, 0.05) is 23.5 Å². The number of aryl methyl sites for hydroxylation is 1. The summed E-state index contributed by atoms with van der Waals surface area (Å²) in [5.74, 6) is 2.83. The molecule has 3 aromatic rings. The van der Waals surface area contributed by atoms with Crippen LogP contribution in [0.4, 0.5) is 23.0 Å². The van der Waals surface area contributed by atoms with Gasteiger partial charge < -0.3 is 24.8 Å². The van der Waals surface area contributed by atoms with Crippen molar-refractivity contribution in [2.24, 2.45) is 0 Å². The lowest BCUT2D eigenvalue weighted by atomic mass is 10.2. The van der Waals surface area contributed by atoms with Crippen LogP contribution in [-0.2, 0) is 4.74 Å². The van der Waals surface area contributed by atoms with Crippen LogP contribution in [0.25, 0.3) is 0 Å². The zero-order valence-corrected chi connectivity index (χ0v) is 15.4. The Morgan fingerprint density at radius 3 is 2.43 bits per heavy atom. The van der Waals surface area contributed by atoms with Crippen molar-refractivity contribution < 1.29 is 19.0 Å². The first-order valence-electron chi connectivity index (χ1n) is 8.58. The van der Waals surface area contributed by atoms with Gasteiger partial charge in [0.1, 0.15) is 17.5 Å². The molecule has 0 amide bonds. The number of methoxy groups -OCH3 is 1. The summed E-state index contributed by atoms with van der Waals surface area (Å²) in [7, 11) is 1.35. The van der Waals surface area contributed by atoms with Gasteiger partial charge in [0.05, 0.1) is 12.7 Å². The summed E-state index contributed by atoms with van der Waals surface area (Å²) in [6.45, 7) is 2.03. The molecule has 0 saturated heterocycles. The number of ether oxygens (including phenoxy) is 3. The van der Waals surface area contributed by atoms with Gasteiger partial charge in [-0.05, 0) is 37.3 Å². The van der Waals surface area contributed by atoms with Gasteiger partial charge >= 0.3 is 5.97 Å². The number of aromatic nitrogens is 2. The lowest BCUT2D eigenvalue weighted by molar-refractivity contribution is 0.0601. The highest BCUT2D eigenvalue weighted by molar-refractivity contribution is 5.90. The summed E-state index contributed by atoms with van der Waals surface area (Å²) in [6, 6.07) is 14.4. The van der Waals surface area contributed by atoms with E-state index in [0.29, 0.717) is 28.8 Å². The maximum atomic E-state index is 11.7. The van der Waals surface area contributed by atoms with E-state index in [1.54, 1.807) is 31.2 Å². The van der Waals surface area contributed by atoms with E-state index in [2.05, 4.69) is 20.6 Å². The standard InChI is InChI=1S/C20H18N4O4/c1-12-21-18(23-14-5-3-4-13(8-14)20(25)26-2)10-19(22-12)24-15-6-7-16-17(9-15)28-11-27-16/h3-10H,11H2,1-2H3,(H2,21,22,23,24). The van der Waals surface area contributed by atoms with Crippen molar-refractivity contribution >= 4 is 29.0 Å². The molecule has 0 aliphatic carbocycles. The van der Waals surface area contributed by atoms with Crippen LogP contribution in [0.5, 0.6) is 11.5 Å². The number of benzene rings is 2. The Hall–Kier alpha value is -3.81. The van der Waals surface area contributed by atoms with Gasteiger partial charge in [-0.2, -0.15) is 0 Å². The molecular weight excluding hydrogens is 360 g/mol. The van der Waals surface area contributed by atoms with Crippen molar-refractivity contribution in [3.8, 4) is 11.5 Å². The van der Waals surface area contributed by atoms with Gasteiger partial charge in [0.2, 0.25) is 6.79 Å². The number of esters is 1. The Balaban J connectivity index is 1.55. The van der Waals surface area contributed by atoms with E-state index < -0.39 is 5.97 Å². The summed E-state index contributed by atoms with van der Waals surface area (Å²) < 4.78 is 15.5.